The second-order valence-corrected chi connectivity index (χ2v) is 11.7. The van der Waals surface area contributed by atoms with Crippen LogP contribution in [0.5, 0.6) is 0 Å². The van der Waals surface area contributed by atoms with Crippen LogP contribution in [0.15, 0.2) is 164 Å². The molecule has 0 aliphatic heterocycles. The number of hydrogen-bond donors (Lipinski definition) is 0. The Balaban J connectivity index is 1.26. The molecular formula is C43H27N5. The van der Waals surface area contributed by atoms with E-state index in [1.165, 1.54) is 0 Å². The summed E-state index contributed by atoms with van der Waals surface area (Å²) in [4.78, 5) is 24.6. The van der Waals surface area contributed by atoms with Gasteiger partial charge in [0.2, 0.25) is 0 Å². The first-order valence-electron chi connectivity index (χ1n) is 15.9. The van der Waals surface area contributed by atoms with Crippen molar-refractivity contribution < 1.29 is 0 Å². The second-order valence-electron chi connectivity index (χ2n) is 11.7. The molecule has 0 spiro atoms. The standard InChI is InChI=1S/C43H27N5/c1-3-11-28(12-4-1)35-21-20-34-36(46-35)22-19-33-32-18-17-30(25-39(32)48-43(42(33)34)29-13-5-2-6-14-29)31-26-40(37-15-7-9-23-44-37)47-41(27-31)38-16-8-10-24-45-38/h1-27H. The molecule has 9 rings (SSSR count). The van der Waals surface area contributed by atoms with Gasteiger partial charge in [-0.05, 0) is 77.2 Å². The second kappa shape index (κ2) is 11.6. The Kier molecular flexibility index (Phi) is 6.72. The molecule has 224 valence electrons. The van der Waals surface area contributed by atoms with Crippen molar-refractivity contribution in [1.29, 1.82) is 0 Å². The molecule has 0 amide bonds. The van der Waals surface area contributed by atoms with Crippen molar-refractivity contribution in [3.8, 4) is 56.4 Å². The zero-order valence-electron chi connectivity index (χ0n) is 25.8. The van der Waals surface area contributed by atoms with Gasteiger partial charge in [-0.3, -0.25) is 9.97 Å². The minimum absolute atomic E-state index is 0.791. The molecule has 5 heteroatoms. The largest absolute Gasteiger partial charge is 0.255 e. The third-order valence-electron chi connectivity index (χ3n) is 8.76. The summed E-state index contributed by atoms with van der Waals surface area (Å²) in [6.07, 6.45) is 3.59. The van der Waals surface area contributed by atoms with E-state index in [1.54, 1.807) is 12.4 Å². The maximum Gasteiger partial charge on any atom is 0.0900 e. The van der Waals surface area contributed by atoms with E-state index in [4.69, 9.17) is 15.0 Å². The Hall–Kier alpha value is -6.59. The molecule has 0 radical (unpaired) electrons. The van der Waals surface area contributed by atoms with Crippen molar-refractivity contribution in [2.45, 2.75) is 0 Å². The predicted molar refractivity (Wildman–Crippen MR) is 195 cm³/mol. The number of nitrogens with zero attached hydrogens (tertiary/aromatic N) is 5. The van der Waals surface area contributed by atoms with E-state index < -0.39 is 0 Å². The summed E-state index contributed by atoms with van der Waals surface area (Å²) in [5.74, 6) is 0. The van der Waals surface area contributed by atoms with Gasteiger partial charge in [-0.15, -0.1) is 0 Å². The number of hydrogen-bond acceptors (Lipinski definition) is 5. The lowest BCUT2D eigenvalue weighted by Crippen LogP contribution is -1.95. The van der Waals surface area contributed by atoms with Crippen LogP contribution in [-0.4, -0.2) is 24.9 Å². The van der Waals surface area contributed by atoms with Crippen molar-refractivity contribution in [2.24, 2.45) is 0 Å². The highest BCUT2D eigenvalue weighted by Gasteiger charge is 2.16. The highest BCUT2D eigenvalue weighted by atomic mass is 14.8. The van der Waals surface area contributed by atoms with Crippen LogP contribution in [-0.2, 0) is 0 Å². The number of fused-ring (bicyclic) bond motifs is 5. The molecule has 48 heavy (non-hydrogen) atoms. The van der Waals surface area contributed by atoms with Crippen LogP contribution in [0.2, 0.25) is 0 Å². The van der Waals surface area contributed by atoms with Gasteiger partial charge in [0.25, 0.3) is 0 Å². The average molecular weight is 614 g/mol. The molecule has 0 atom stereocenters. The van der Waals surface area contributed by atoms with Crippen molar-refractivity contribution in [1.82, 2.24) is 24.9 Å². The number of benzene rings is 4. The van der Waals surface area contributed by atoms with E-state index in [0.717, 1.165) is 89.0 Å². The average Bonchev–Trinajstić information content (AvgIpc) is 3.18. The predicted octanol–water partition coefficient (Wildman–Crippen LogP) is 10.5. The molecule has 0 saturated carbocycles. The molecule has 0 N–H and O–H groups in total. The lowest BCUT2D eigenvalue weighted by Gasteiger charge is -2.15. The van der Waals surface area contributed by atoms with Crippen LogP contribution in [0.1, 0.15) is 0 Å². The summed E-state index contributed by atoms with van der Waals surface area (Å²) in [7, 11) is 0. The van der Waals surface area contributed by atoms with Gasteiger partial charge in [0, 0.05) is 39.7 Å². The topological polar surface area (TPSA) is 64.5 Å². The van der Waals surface area contributed by atoms with Crippen molar-refractivity contribution in [3.05, 3.63) is 164 Å². The van der Waals surface area contributed by atoms with Gasteiger partial charge >= 0.3 is 0 Å². The maximum absolute atomic E-state index is 5.38. The van der Waals surface area contributed by atoms with Gasteiger partial charge in [-0.1, -0.05) is 91.0 Å². The molecule has 5 aromatic heterocycles. The first-order chi connectivity index (χ1) is 23.8. The van der Waals surface area contributed by atoms with Crippen LogP contribution in [0, 0.1) is 0 Å². The van der Waals surface area contributed by atoms with Crippen LogP contribution >= 0.6 is 0 Å². The van der Waals surface area contributed by atoms with E-state index in [-0.39, 0.29) is 0 Å². The zero-order chi connectivity index (χ0) is 31.9. The fourth-order valence-corrected chi connectivity index (χ4v) is 6.45. The first kappa shape index (κ1) is 27.7. The van der Waals surface area contributed by atoms with Crippen molar-refractivity contribution >= 4 is 32.6 Å². The van der Waals surface area contributed by atoms with Crippen LogP contribution in [0.4, 0.5) is 0 Å². The normalized spacial score (nSPS) is 11.3. The monoisotopic (exact) mass is 613 g/mol. The Morgan fingerprint density at radius 2 is 0.938 bits per heavy atom. The van der Waals surface area contributed by atoms with Crippen LogP contribution in [0.25, 0.3) is 89.0 Å². The van der Waals surface area contributed by atoms with Crippen molar-refractivity contribution in [2.75, 3.05) is 0 Å². The highest BCUT2D eigenvalue weighted by molar-refractivity contribution is 6.21. The van der Waals surface area contributed by atoms with E-state index in [0.29, 0.717) is 0 Å². The summed E-state index contributed by atoms with van der Waals surface area (Å²) in [5, 5.41) is 4.42. The molecule has 0 aliphatic carbocycles. The number of aromatic nitrogens is 5. The lowest BCUT2D eigenvalue weighted by molar-refractivity contribution is 1.22. The van der Waals surface area contributed by atoms with E-state index >= 15 is 0 Å². The third kappa shape index (κ3) is 4.95. The van der Waals surface area contributed by atoms with E-state index in [9.17, 15) is 0 Å². The van der Waals surface area contributed by atoms with Gasteiger partial charge in [0.1, 0.15) is 0 Å². The summed E-state index contributed by atoms with van der Waals surface area (Å²) in [6.45, 7) is 0. The van der Waals surface area contributed by atoms with Gasteiger partial charge in [0.05, 0.1) is 45.2 Å². The van der Waals surface area contributed by atoms with Gasteiger partial charge in [0.15, 0.2) is 0 Å². The quantitative estimate of drug-likeness (QED) is 0.181. The summed E-state index contributed by atoms with van der Waals surface area (Å²) in [6, 6.07) is 51.9. The summed E-state index contributed by atoms with van der Waals surface area (Å²) in [5.41, 5.74) is 11.2. The fourth-order valence-electron chi connectivity index (χ4n) is 6.45. The molecule has 0 aliphatic rings. The minimum Gasteiger partial charge on any atom is -0.255 e. The fraction of sp³-hybridized carbons (Fsp3) is 0. The Morgan fingerprint density at radius 1 is 0.312 bits per heavy atom. The highest BCUT2D eigenvalue weighted by Crippen LogP contribution is 2.39. The molecular weight excluding hydrogens is 587 g/mol. The lowest BCUT2D eigenvalue weighted by atomic mass is 9.94. The molecule has 5 heterocycles. The summed E-state index contributed by atoms with van der Waals surface area (Å²) >= 11 is 0. The smallest absolute Gasteiger partial charge is 0.0900 e. The number of rotatable bonds is 5. The van der Waals surface area contributed by atoms with E-state index in [1.807, 2.05) is 60.7 Å². The van der Waals surface area contributed by atoms with E-state index in [2.05, 4.69) is 101 Å². The Bertz CT molecular complexity index is 2530. The Labute approximate surface area is 277 Å². The third-order valence-corrected chi connectivity index (χ3v) is 8.76. The molecule has 0 saturated heterocycles. The summed E-state index contributed by atoms with van der Waals surface area (Å²) < 4.78 is 0. The van der Waals surface area contributed by atoms with Crippen LogP contribution in [0.3, 0.4) is 0 Å². The van der Waals surface area contributed by atoms with Crippen molar-refractivity contribution in [3.63, 3.8) is 0 Å². The molecule has 5 nitrogen and oxygen atoms in total. The maximum atomic E-state index is 5.38. The van der Waals surface area contributed by atoms with Gasteiger partial charge in [-0.25, -0.2) is 15.0 Å². The SMILES string of the molecule is c1ccc(-c2ccc3c(ccc4c5ccc(-c6cc(-c7ccccn7)nc(-c7ccccn7)c6)cc5nc(-c5ccccc5)c34)n2)cc1. The van der Waals surface area contributed by atoms with Gasteiger partial charge < -0.3 is 0 Å². The Morgan fingerprint density at radius 3 is 1.60 bits per heavy atom. The van der Waals surface area contributed by atoms with Gasteiger partial charge in [-0.2, -0.15) is 0 Å². The molecule has 0 bridgehead atoms. The zero-order valence-corrected chi connectivity index (χ0v) is 25.8. The molecule has 4 aromatic carbocycles. The molecule has 0 unspecified atom stereocenters. The van der Waals surface area contributed by atoms with Crippen LogP contribution < -0.4 is 0 Å². The minimum atomic E-state index is 0.791. The molecule has 9 aromatic rings. The first-order valence-corrected chi connectivity index (χ1v) is 15.9. The molecule has 0 fully saturated rings. The number of pyridine rings is 5.